The van der Waals surface area contributed by atoms with Gasteiger partial charge in [-0.25, -0.2) is 0 Å². The lowest BCUT2D eigenvalue weighted by atomic mass is 9.94. The van der Waals surface area contributed by atoms with Gasteiger partial charge in [0, 0.05) is 44.1 Å². The molecule has 4 heteroatoms. The molecule has 0 aliphatic heterocycles. The molecule has 0 N–H and O–H groups in total. The number of benzene rings is 6. The van der Waals surface area contributed by atoms with Crippen LogP contribution in [0.4, 0.5) is 0 Å². The molecule has 0 spiro atoms. The monoisotopic (exact) mass is 615 g/mol. The lowest BCUT2D eigenvalue weighted by Gasteiger charge is -2.20. The van der Waals surface area contributed by atoms with Gasteiger partial charge in [0.15, 0.2) is 0 Å². The van der Waals surface area contributed by atoms with Crippen molar-refractivity contribution in [1.29, 1.82) is 5.26 Å². The molecular formula is C44H29N3O. The second-order valence-electron chi connectivity index (χ2n) is 12.9. The molecule has 6 aromatic carbocycles. The van der Waals surface area contributed by atoms with E-state index >= 15 is 0 Å². The molecule has 3 aromatic heterocycles. The Morgan fingerprint density at radius 1 is 0.688 bits per heavy atom. The highest BCUT2D eigenvalue weighted by Gasteiger charge is 2.24. The van der Waals surface area contributed by atoms with E-state index in [4.69, 9.17) is 4.42 Å². The van der Waals surface area contributed by atoms with E-state index in [-0.39, 0.29) is 0 Å². The average molecular weight is 616 g/mol. The number of furan rings is 1. The van der Waals surface area contributed by atoms with Gasteiger partial charge in [0.25, 0.3) is 0 Å². The Morgan fingerprint density at radius 3 is 2.35 bits per heavy atom. The van der Waals surface area contributed by atoms with Crippen molar-refractivity contribution in [2.24, 2.45) is 5.92 Å². The first-order valence-corrected chi connectivity index (χ1v) is 16.5. The minimum absolute atomic E-state index is 0.443. The van der Waals surface area contributed by atoms with Gasteiger partial charge in [-0.2, -0.15) is 5.26 Å². The number of allylic oxidation sites excluding steroid dienone is 1. The van der Waals surface area contributed by atoms with Crippen LogP contribution in [0, 0.1) is 17.2 Å². The molecule has 1 unspecified atom stereocenters. The molecule has 9 aromatic rings. The SMILES string of the molecule is CC1C=Cc2c(n(-c3ccc(C#N)cc3-c3ccc4c(c3)c3ccc5oc6ccccc6c5c3n4-c3ccccc3)c3ccccc23)C1. The standard InChI is InChI=1S/C44H29N3O/c1-27-15-18-32-31-11-5-7-13-37(31)47(40(32)23-27)38-20-16-28(26-45)24-35(38)29-17-21-39-36(25-29)33-19-22-42-43(34-12-6-8-14-41(34)48-42)44(33)46(39)30-9-3-2-4-10-30/h2-22,24-25,27H,23H2,1H3. The Kier molecular flexibility index (Phi) is 5.65. The molecular weight excluding hydrogens is 587 g/mol. The highest BCUT2D eigenvalue weighted by atomic mass is 16.3. The van der Waals surface area contributed by atoms with Gasteiger partial charge in [-0.15, -0.1) is 0 Å². The zero-order valence-corrected chi connectivity index (χ0v) is 26.3. The summed E-state index contributed by atoms with van der Waals surface area (Å²) in [5.74, 6) is 0.443. The molecule has 0 radical (unpaired) electrons. The summed E-state index contributed by atoms with van der Waals surface area (Å²) in [7, 11) is 0. The third kappa shape index (κ3) is 3.76. The highest BCUT2D eigenvalue weighted by Crippen LogP contribution is 2.43. The zero-order chi connectivity index (χ0) is 31.9. The zero-order valence-electron chi connectivity index (χ0n) is 26.3. The number of nitrogens with zero attached hydrogens (tertiary/aromatic N) is 3. The molecule has 0 bridgehead atoms. The van der Waals surface area contributed by atoms with Crippen molar-refractivity contribution in [1.82, 2.24) is 9.13 Å². The number of hydrogen-bond acceptors (Lipinski definition) is 2. The minimum atomic E-state index is 0.443. The molecule has 4 nitrogen and oxygen atoms in total. The van der Waals surface area contributed by atoms with E-state index in [0.29, 0.717) is 11.5 Å². The summed E-state index contributed by atoms with van der Waals surface area (Å²) in [5.41, 5.74) is 12.7. The molecule has 226 valence electrons. The van der Waals surface area contributed by atoms with Crippen LogP contribution in [-0.4, -0.2) is 9.13 Å². The Hall–Kier alpha value is -6.31. The molecule has 0 saturated heterocycles. The number of aromatic nitrogens is 2. The van der Waals surface area contributed by atoms with Crippen LogP contribution in [0.15, 0.2) is 138 Å². The third-order valence-corrected chi connectivity index (χ3v) is 10.1. The molecule has 3 heterocycles. The summed E-state index contributed by atoms with van der Waals surface area (Å²) in [6.45, 7) is 2.28. The Labute approximate surface area is 277 Å². The van der Waals surface area contributed by atoms with Crippen molar-refractivity contribution in [3.63, 3.8) is 0 Å². The van der Waals surface area contributed by atoms with Gasteiger partial charge >= 0.3 is 0 Å². The van der Waals surface area contributed by atoms with E-state index in [9.17, 15) is 5.26 Å². The summed E-state index contributed by atoms with van der Waals surface area (Å²) in [6.07, 6.45) is 5.56. The first-order valence-electron chi connectivity index (χ1n) is 16.5. The summed E-state index contributed by atoms with van der Waals surface area (Å²) < 4.78 is 11.2. The first-order chi connectivity index (χ1) is 23.7. The highest BCUT2D eigenvalue weighted by molar-refractivity contribution is 6.24. The first kappa shape index (κ1) is 26.9. The van der Waals surface area contributed by atoms with Crippen LogP contribution in [0.1, 0.15) is 23.7 Å². The second-order valence-corrected chi connectivity index (χ2v) is 12.9. The van der Waals surface area contributed by atoms with Gasteiger partial charge in [-0.3, -0.25) is 0 Å². The maximum atomic E-state index is 10.1. The van der Waals surface area contributed by atoms with E-state index < -0.39 is 0 Å². The van der Waals surface area contributed by atoms with Crippen LogP contribution in [0.5, 0.6) is 0 Å². The van der Waals surface area contributed by atoms with E-state index in [1.807, 2.05) is 18.2 Å². The van der Waals surface area contributed by atoms with Gasteiger partial charge in [-0.05, 0) is 84.6 Å². The van der Waals surface area contributed by atoms with Crippen molar-refractivity contribution in [3.05, 3.63) is 150 Å². The van der Waals surface area contributed by atoms with Crippen molar-refractivity contribution in [3.8, 4) is 28.6 Å². The third-order valence-electron chi connectivity index (χ3n) is 10.1. The largest absolute Gasteiger partial charge is 0.456 e. The Balaban J connectivity index is 1.30. The fraction of sp³-hybridized carbons (Fsp3) is 0.0682. The molecule has 1 aliphatic carbocycles. The molecule has 1 atom stereocenters. The summed E-state index contributed by atoms with van der Waals surface area (Å²) in [6, 6.07) is 47.1. The quantitative estimate of drug-likeness (QED) is 0.198. The van der Waals surface area contributed by atoms with Gasteiger partial charge in [0.2, 0.25) is 0 Å². The average Bonchev–Trinajstić information content (AvgIpc) is 3.78. The molecule has 0 saturated carbocycles. The van der Waals surface area contributed by atoms with Crippen LogP contribution in [0.3, 0.4) is 0 Å². The molecule has 48 heavy (non-hydrogen) atoms. The molecule has 0 fully saturated rings. The number of nitriles is 1. The second kappa shape index (κ2) is 10.1. The van der Waals surface area contributed by atoms with E-state index in [1.54, 1.807) is 0 Å². The normalized spacial score (nSPS) is 14.4. The van der Waals surface area contributed by atoms with E-state index in [0.717, 1.165) is 72.7 Å². The predicted molar refractivity (Wildman–Crippen MR) is 197 cm³/mol. The lowest BCUT2D eigenvalue weighted by molar-refractivity contribution is 0.669. The van der Waals surface area contributed by atoms with E-state index in [1.165, 1.54) is 22.2 Å². The smallest absolute Gasteiger partial charge is 0.137 e. The van der Waals surface area contributed by atoms with E-state index in [2.05, 4.69) is 143 Å². The number of fused-ring (bicyclic) bond motifs is 10. The summed E-state index contributed by atoms with van der Waals surface area (Å²) in [5, 5.41) is 15.9. The van der Waals surface area contributed by atoms with Crippen molar-refractivity contribution in [2.45, 2.75) is 13.3 Å². The lowest BCUT2D eigenvalue weighted by Crippen LogP contribution is -2.09. The van der Waals surface area contributed by atoms with Crippen LogP contribution in [-0.2, 0) is 6.42 Å². The number of rotatable bonds is 3. The fourth-order valence-corrected chi connectivity index (χ4v) is 7.97. The number of hydrogen-bond donors (Lipinski definition) is 0. The van der Waals surface area contributed by atoms with Gasteiger partial charge in [-0.1, -0.05) is 79.7 Å². The van der Waals surface area contributed by atoms with Crippen molar-refractivity contribution in [2.75, 3.05) is 0 Å². The molecule has 10 rings (SSSR count). The maximum absolute atomic E-state index is 10.1. The van der Waals surface area contributed by atoms with Gasteiger partial charge < -0.3 is 13.6 Å². The van der Waals surface area contributed by atoms with Crippen LogP contribution < -0.4 is 0 Å². The van der Waals surface area contributed by atoms with Crippen molar-refractivity contribution < 1.29 is 4.42 Å². The van der Waals surface area contributed by atoms with Gasteiger partial charge in [0.1, 0.15) is 11.2 Å². The Bertz CT molecular complexity index is 2840. The molecule has 0 amide bonds. The molecule has 1 aliphatic rings. The van der Waals surface area contributed by atoms with Crippen LogP contribution in [0.2, 0.25) is 0 Å². The number of para-hydroxylation sites is 3. The Morgan fingerprint density at radius 2 is 1.48 bits per heavy atom. The minimum Gasteiger partial charge on any atom is -0.456 e. The topological polar surface area (TPSA) is 46.8 Å². The van der Waals surface area contributed by atoms with Crippen LogP contribution >= 0.6 is 0 Å². The fourth-order valence-electron chi connectivity index (χ4n) is 7.97. The summed E-state index contributed by atoms with van der Waals surface area (Å²) >= 11 is 0. The van der Waals surface area contributed by atoms with Crippen LogP contribution in [0.25, 0.3) is 83.2 Å². The van der Waals surface area contributed by atoms with Gasteiger partial charge in [0.05, 0.1) is 39.3 Å². The van der Waals surface area contributed by atoms with Crippen molar-refractivity contribution >= 4 is 60.7 Å². The summed E-state index contributed by atoms with van der Waals surface area (Å²) in [4.78, 5) is 0. The maximum Gasteiger partial charge on any atom is 0.137 e. The predicted octanol–water partition coefficient (Wildman–Crippen LogP) is 11.4.